The molecular weight excluding hydrogens is 231 g/mol. The molecule has 0 spiro atoms. The maximum absolute atomic E-state index is 10.1. The van der Waals surface area contributed by atoms with Gasteiger partial charge in [-0.25, -0.2) is 4.79 Å². The van der Waals surface area contributed by atoms with Crippen molar-refractivity contribution in [2.45, 2.75) is 0 Å². The second-order valence-electron chi connectivity index (χ2n) is 2.31. The fourth-order valence-electron chi connectivity index (χ4n) is 0.686. The van der Waals surface area contributed by atoms with Gasteiger partial charge in [0.25, 0.3) is 0 Å². The summed E-state index contributed by atoms with van der Waals surface area (Å²) in [6.07, 6.45) is 0. The molecule has 1 rings (SSSR count). The van der Waals surface area contributed by atoms with Gasteiger partial charge < -0.3 is 9.99 Å². The minimum Gasteiger partial charge on any atom is -0.479 e. The molecular formula is C8H6Cl2O4. The van der Waals surface area contributed by atoms with Crippen LogP contribution < -0.4 is 4.89 Å². The van der Waals surface area contributed by atoms with E-state index in [0.29, 0.717) is 5.02 Å². The molecule has 0 bridgehead atoms. The molecule has 0 atom stereocenters. The number of aliphatic carboxylic acids is 1. The van der Waals surface area contributed by atoms with Crippen LogP contribution in [0.5, 0.6) is 5.75 Å². The van der Waals surface area contributed by atoms with Crippen molar-refractivity contribution in [3.63, 3.8) is 0 Å². The molecule has 4 nitrogen and oxygen atoms in total. The molecule has 0 aliphatic heterocycles. The molecule has 1 N–H and O–H groups in total. The van der Waals surface area contributed by atoms with E-state index in [1.165, 1.54) is 12.1 Å². The van der Waals surface area contributed by atoms with E-state index in [-0.39, 0.29) is 10.8 Å². The minimum atomic E-state index is -1.13. The number of benzene rings is 1. The fraction of sp³-hybridized carbons (Fsp3) is 0.125. The lowest BCUT2D eigenvalue weighted by atomic mass is 10.3. The molecule has 0 heterocycles. The van der Waals surface area contributed by atoms with Crippen molar-refractivity contribution in [1.29, 1.82) is 0 Å². The summed E-state index contributed by atoms with van der Waals surface area (Å²) >= 11 is 11.3. The first kappa shape index (κ1) is 11.1. The van der Waals surface area contributed by atoms with E-state index in [2.05, 4.69) is 9.78 Å². The van der Waals surface area contributed by atoms with E-state index in [4.69, 9.17) is 28.3 Å². The third-order valence-electron chi connectivity index (χ3n) is 1.23. The van der Waals surface area contributed by atoms with E-state index >= 15 is 0 Å². The van der Waals surface area contributed by atoms with Gasteiger partial charge in [-0.15, -0.1) is 0 Å². The number of rotatable bonds is 4. The molecule has 76 valence electrons. The number of carbonyl (C=O) groups is 1. The highest BCUT2D eigenvalue weighted by Crippen LogP contribution is 2.27. The Kier molecular flexibility index (Phi) is 4.00. The molecule has 1 aromatic rings. The van der Waals surface area contributed by atoms with E-state index in [0.717, 1.165) is 0 Å². The zero-order valence-electron chi connectivity index (χ0n) is 6.87. The Morgan fingerprint density at radius 2 is 2.14 bits per heavy atom. The van der Waals surface area contributed by atoms with Crippen LogP contribution in [0.3, 0.4) is 0 Å². The molecule has 0 aliphatic rings. The first-order chi connectivity index (χ1) is 6.59. The third kappa shape index (κ3) is 3.41. The fourth-order valence-corrected chi connectivity index (χ4v) is 1.13. The number of hydrogen-bond donors (Lipinski definition) is 1. The van der Waals surface area contributed by atoms with Crippen molar-refractivity contribution in [2.75, 3.05) is 6.61 Å². The molecule has 0 aromatic heterocycles. The Labute approximate surface area is 89.9 Å². The van der Waals surface area contributed by atoms with Crippen LogP contribution in [0.2, 0.25) is 10.0 Å². The number of carboxylic acid groups (broad SMARTS) is 1. The number of hydrogen-bond acceptors (Lipinski definition) is 3. The smallest absolute Gasteiger partial charge is 0.334 e. The van der Waals surface area contributed by atoms with Gasteiger partial charge in [-0.3, -0.25) is 0 Å². The van der Waals surface area contributed by atoms with Crippen LogP contribution in [-0.2, 0) is 9.68 Å². The van der Waals surface area contributed by atoms with Crippen LogP contribution in [0.15, 0.2) is 18.2 Å². The molecule has 6 heteroatoms. The van der Waals surface area contributed by atoms with E-state index in [1.54, 1.807) is 6.07 Å². The van der Waals surface area contributed by atoms with E-state index in [1.807, 2.05) is 0 Å². The van der Waals surface area contributed by atoms with Gasteiger partial charge in [0.15, 0.2) is 12.4 Å². The van der Waals surface area contributed by atoms with E-state index in [9.17, 15) is 4.79 Å². The molecule has 0 fully saturated rings. The SMILES string of the molecule is O=C(O)COOc1ccc(Cl)cc1Cl. The summed E-state index contributed by atoms with van der Waals surface area (Å²) in [4.78, 5) is 19.1. The molecule has 14 heavy (non-hydrogen) atoms. The first-order valence-electron chi connectivity index (χ1n) is 3.56. The lowest BCUT2D eigenvalue weighted by Gasteiger charge is -2.04. The zero-order chi connectivity index (χ0) is 10.6. The number of halogens is 2. The average molecular weight is 237 g/mol. The van der Waals surface area contributed by atoms with Crippen LogP contribution in [0.1, 0.15) is 0 Å². The summed E-state index contributed by atoms with van der Waals surface area (Å²) < 4.78 is 0. The molecule has 0 saturated carbocycles. The van der Waals surface area contributed by atoms with Crippen molar-refractivity contribution in [2.24, 2.45) is 0 Å². The lowest BCUT2D eigenvalue weighted by molar-refractivity contribution is -0.213. The summed E-state index contributed by atoms with van der Waals surface area (Å²) in [6.45, 7) is -0.557. The highest BCUT2D eigenvalue weighted by molar-refractivity contribution is 6.35. The zero-order valence-corrected chi connectivity index (χ0v) is 8.38. The Balaban J connectivity index is 2.55. The van der Waals surface area contributed by atoms with Gasteiger partial charge in [0.05, 0.1) is 5.02 Å². The highest BCUT2D eigenvalue weighted by Gasteiger charge is 2.04. The highest BCUT2D eigenvalue weighted by atomic mass is 35.5. The summed E-state index contributed by atoms with van der Waals surface area (Å²) in [6, 6.07) is 4.49. The summed E-state index contributed by atoms with van der Waals surface area (Å²) in [7, 11) is 0. The summed E-state index contributed by atoms with van der Waals surface area (Å²) in [5, 5.41) is 8.96. The second-order valence-corrected chi connectivity index (χ2v) is 3.16. The standard InChI is InChI=1S/C8H6Cl2O4/c9-5-1-2-7(6(10)3-5)14-13-4-8(11)12/h1-3H,4H2,(H,11,12). The Bertz CT molecular complexity index is 340. The topological polar surface area (TPSA) is 55.8 Å². The maximum atomic E-state index is 10.1. The maximum Gasteiger partial charge on any atom is 0.334 e. The lowest BCUT2D eigenvalue weighted by Crippen LogP contribution is -2.09. The van der Waals surface area contributed by atoms with Gasteiger partial charge >= 0.3 is 5.97 Å². The van der Waals surface area contributed by atoms with Gasteiger partial charge in [-0.1, -0.05) is 23.2 Å². The Morgan fingerprint density at radius 1 is 1.43 bits per heavy atom. The first-order valence-corrected chi connectivity index (χ1v) is 4.31. The van der Waals surface area contributed by atoms with Gasteiger partial charge in [-0.05, 0) is 18.2 Å². The van der Waals surface area contributed by atoms with Crippen LogP contribution in [0, 0.1) is 0 Å². The van der Waals surface area contributed by atoms with Crippen molar-refractivity contribution >= 4 is 29.2 Å². The minimum absolute atomic E-state index is 0.220. The van der Waals surface area contributed by atoms with Gasteiger partial charge in [0.1, 0.15) is 0 Å². The molecule has 0 amide bonds. The predicted molar refractivity (Wildman–Crippen MR) is 50.7 cm³/mol. The molecule has 0 aliphatic carbocycles. The third-order valence-corrected chi connectivity index (χ3v) is 1.76. The second kappa shape index (κ2) is 5.05. The quantitative estimate of drug-likeness (QED) is 0.645. The van der Waals surface area contributed by atoms with Crippen molar-refractivity contribution in [1.82, 2.24) is 0 Å². The number of carboxylic acids is 1. The summed E-state index contributed by atoms with van der Waals surface area (Å²) in [5.74, 6) is -0.910. The van der Waals surface area contributed by atoms with Gasteiger partial charge in [-0.2, -0.15) is 4.89 Å². The molecule has 1 aromatic carbocycles. The normalized spacial score (nSPS) is 9.86. The Hall–Kier alpha value is -0.970. The molecule has 0 unspecified atom stereocenters. The van der Waals surface area contributed by atoms with Crippen molar-refractivity contribution < 1.29 is 19.7 Å². The van der Waals surface area contributed by atoms with Gasteiger partial charge in [0.2, 0.25) is 0 Å². The summed E-state index contributed by atoms with van der Waals surface area (Å²) in [5.41, 5.74) is 0. The van der Waals surface area contributed by atoms with Crippen molar-refractivity contribution in [3.8, 4) is 5.75 Å². The molecule has 0 radical (unpaired) electrons. The van der Waals surface area contributed by atoms with Gasteiger partial charge in [0, 0.05) is 5.02 Å². The molecule has 0 saturated heterocycles. The van der Waals surface area contributed by atoms with Crippen LogP contribution >= 0.6 is 23.2 Å². The van der Waals surface area contributed by atoms with Crippen molar-refractivity contribution in [3.05, 3.63) is 28.2 Å². The van der Waals surface area contributed by atoms with Crippen LogP contribution in [-0.4, -0.2) is 17.7 Å². The Morgan fingerprint density at radius 3 is 2.71 bits per heavy atom. The largest absolute Gasteiger partial charge is 0.479 e. The van der Waals surface area contributed by atoms with Crippen LogP contribution in [0.25, 0.3) is 0 Å². The van der Waals surface area contributed by atoms with Crippen LogP contribution in [0.4, 0.5) is 0 Å². The predicted octanol–water partition coefficient (Wildman–Crippen LogP) is 2.39. The average Bonchev–Trinajstić information content (AvgIpc) is 2.08. The monoisotopic (exact) mass is 236 g/mol. The van der Waals surface area contributed by atoms with E-state index < -0.39 is 12.6 Å².